The van der Waals surface area contributed by atoms with Crippen LogP contribution in [0.3, 0.4) is 0 Å². The Kier molecular flexibility index (Phi) is 6.41. The van der Waals surface area contributed by atoms with E-state index in [1.165, 1.54) is 11.3 Å². The fourth-order valence-corrected chi connectivity index (χ4v) is 2.41. The lowest BCUT2D eigenvalue weighted by Gasteiger charge is -2.23. The lowest BCUT2D eigenvalue weighted by molar-refractivity contribution is 0.0739. The van der Waals surface area contributed by atoms with Crippen molar-refractivity contribution in [1.82, 2.24) is 14.8 Å². The SMILES string of the molecule is CCCN(CCN(C)C)C(=O)c1csc(C(C)N)n1. The van der Waals surface area contributed by atoms with Crippen LogP contribution in [-0.4, -0.2) is 54.4 Å². The Balaban J connectivity index is 2.73. The fourth-order valence-electron chi connectivity index (χ4n) is 1.66. The molecule has 1 rings (SSSR count). The topological polar surface area (TPSA) is 62.5 Å². The summed E-state index contributed by atoms with van der Waals surface area (Å²) in [6.45, 7) is 6.30. The number of likely N-dealkylation sites (N-methyl/N-ethyl adjacent to an activating group) is 1. The van der Waals surface area contributed by atoms with Crippen LogP contribution in [-0.2, 0) is 0 Å². The van der Waals surface area contributed by atoms with Crippen LogP contribution >= 0.6 is 11.3 Å². The van der Waals surface area contributed by atoms with Gasteiger partial charge in [-0.2, -0.15) is 0 Å². The minimum atomic E-state index is -0.118. The van der Waals surface area contributed by atoms with E-state index in [1.807, 2.05) is 25.9 Å². The first-order chi connectivity index (χ1) is 8.95. The highest BCUT2D eigenvalue weighted by atomic mass is 32.1. The van der Waals surface area contributed by atoms with Gasteiger partial charge in [0, 0.05) is 25.0 Å². The van der Waals surface area contributed by atoms with Crippen molar-refractivity contribution >= 4 is 17.2 Å². The van der Waals surface area contributed by atoms with Crippen LogP contribution in [0, 0.1) is 0 Å². The van der Waals surface area contributed by atoms with Crippen molar-refractivity contribution in [1.29, 1.82) is 0 Å². The highest BCUT2D eigenvalue weighted by Gasteiger charge is 2.18. The summed E-state index contributed by atoms with van der Waals surface area (Å²) < 4.78 is 0. The second-order valence-corrected chi connectivity index (χ2v) is 5.84. The van der Waals surface area contributed by atoms with E-state index < -0.39 is 0 Å². The number of amides is 1. The first-order valence-corrected chi connectivity index (χ1v) is 7.48. The van der Waals surface area contributed by atoms with Crippen molar-refractivity contribution in [2.75, 3.05) is 33.7 Å². The van der Waals surface area contributed by atoms with Gasteiger partial charge in [0.25, 0.3) is 5.91 Å². The van der Waals surface area contributed by atoms with Gasteiger partial charge in [0.15, 0.2) is 0 Å². The molecular formula is C13H24N4OS. The first kappa shape index (κ1) is 16.1. The molecule has 1 heterocycles. The smallest absolute Gasteiger partial charge is 0.273 e. The van der Waals surface area contributed by atoms with E-state index in [0.717, 1.165) is 31.1 Å². The summed E-state index contributed by atoms with van der Waals surface area (Å²) in [5.74, 6) is 0.00634. The molecule has 0 aliphatic heterocycles. The van der Waals surface area contributed by atoms with Crippen LogP contribution in [0.25, 0.3) is 0 Å². The van der Waals surface area contributed by atoms with E-state index in [0.29, 0.717) is 5.69 Å². The quantitative estimate of drug-likeness (QED) is 0.825. The number of rotatable bonds is 7. The number of nitrogens with two attached hydrogens (primary N) is 1. The van der Waals surface area contributed by atoms with Crippen LogP contribution < -0.4 is 5.73 Å². The van der Waals surface area contributed by atoms with Crippen molar-refractivity contribution in [2.24, 2.45) is 5.73 Å². The summed E-state index contributed by atoms with van der Waals surface area (Å²) in [4.78, 5) is 20.7. The van der Waals surface area contributed by atoms with E-state index in [4.69, 9.17) is 5.73 Å². The Labute approximate surface area is 119 Å². The highest BCUT2D eigenvalue weighted by molar-refractivity contribution is 7.09. The molecule has 0 saturated heterocycles. The van der Waals surface area contributed by atoms with Gasteiger partial charge < -0.3 is 15.5 Å². The molecule has 0 saturated carbocycles. The molecule has 0 radical (unpaired) electrons. The Hall–Kier alpha value is -0.980. The van der Waals surface area contributed by atoms with Crippen molar-refractivity contribution in [2.45, 2.75) is 26.3 Å². The Morgan fingerprint density at radius 3 is 2.58 bits per heavy atom. The summed E-state index contributed by atoms with van der Waals surface area (Å²) in [5, 5.41) is 2.62. The molecule has 1 atom stereocenters. The second-order valence-electron chi connectivity index (χ2n) is 4.96. The minimum absolute atomic E-state index is 0.00634. The lowest BCUT2D eigenvalue weighted by atomic mass is 10.3. The Morgan fingerprint density at radius 2 is 2.11 bits per heavy atom. The zero-order valence-electron chi connectivity index (χ0n) is 12.2. The van der Waals surface area contributed by atoms with Crippen LogP contribution in [0.4, 0.5) is 0 Å². The average molecular weight is 284 g/mol. The largest absolute Gasteiger partial charge is 0.336 e. The van der Waals surface area contributed by atoms with Gasteiger partial charge in [0.05, 0.1) is 6.04 Å². The zero-order valence-corrected chi connectivity index (χ0v) is 13.0. The molecule has 0 spiro atoms. The number of carbonyl (C=O) groups is 1. The van der Waals surface area contributed by atoms with E-state index >= 15 is 0 Å². The van der Waals surface area contributed by atoms with Gasteiger partial charge in [0.2, 0.25) is 0 Å². The van der Waals surface area contributed by atoms with Crippen LogP contribution in [0.1, 0.15) is 41.8 Å². The maximum atomic E-state index is 12.4. The number of hydrogen-bond acceptors (Lipinski definition) is 5. The zero-order chi connectivity index (χ0) is 14.4. The number of hydrogen-bond donors (Lipinski definition) is 1. The van der Waals surface area contributed by atoms with Gasteiger partial charge in [0.1, 0.15) is 10.7 Å². The predicted molar refractivity (Wildman–Crippen MR) is 79.5 cm³/mol. The molecule has 1 aromatic rings. The summed E-state index contributed by atoms with van der Waals surface area (Å²) >= 11 is 1.45. The number of carbonyl (C=O) groups excluding carboxylic acids is 1. The molecule has 0 fully saturated rings. The maximum Gasteiger partial charge on any atom is 0.273 e. The van der Waals surface area contributed by atoms with Crippen molar-refractivity contribution < 1.29 is 4.79 Å². The van der Waals surface area contributed by atoms with Gasteiger partial charge in [-0.15, -0.1) is 11.3 Å². The van der Waals surface area contributed by atoms with E-state index in [9.17, 15) is 4.79 Å². The highest BCUT2D eigenvalue weighted by Crippen LogP contribution is 2.17. The molecule has 0 aromatic carbocycles. The van der Waals surface area contributed by atoms with Crippen LogP contribution in [0.15, 0.2) is 5.38 Å². The summed E-state index contributed by atoms with van der Waals surface area (Å²) in [6, 6.07) is -0.118. The molecule has 0 aliphatic carbocycles. The summed E-state index contributed by atoms with van der Waals surface area (Å²) in [5.41, 5.74) is 6.29. The van der Waals surface area contributed by atoms with Crippen molar-refractivity contribution in [3.8, 4) is 0 Å². The third-order valence-electron chi connectivity index (χ3n) is 2.73. The molecule has 108 valence electrons. The third kappa shape index (κ3) is 4.89. The summed E-state index contributed by atoms with van der Waals surface area (Å²) in [6.07, 6.45) is 0.948. The average Bonchev–Trinajstić information content (AvgIpc) is 2.83. The molecular weight excluding hydrogens is 260 g/mol. The van der Waals surface area contributed by atoms with Gasteiger partial charge in [-0.3, -0.25) is 4.79 Å². The van der Waals surface area contributed by atoms with Crippen LogP contribution in [0.5, 0.6) is 0 Å². The maximum absolute atomic E-state index is 12.4. The Morgan fingerprint density at radius 1 is 1.42 bits per heavy atom. The van der Waals surface area contributed by atoms with Gasteiger partial charge in [-0.25, -0.2) is 4.98 Å². The molecule has 1 unspecified atom stereocenters. The normalized spacial score (nSPS) is 12.7. The Bertz CT molecular complexity index is 403. The number of nitrogens with zero attached hydrogens (tertiary/aromatic N) is 3. The lowest BCUT2D eigenvalue weighted by Crippen LogP contribution is -2.37. The van der Waals surface area contributed by atoms with Crippen LogP contribution in [0.2, 0.25) is 0 Å². The monoisotopic (exact) mass is 284 g/mol. The number of aromatic nitrogens is 1. The summed E-state index contributed by atoms with van der Waals surface area (Å²) in [7, 11) is 4.01. The molecule has 2 N–H and O–H groups in total. The van der Waals surface area contributed by atoms with Gasteiger partial charge in [-0.1, -0.05) is 6.92 Å². The number of thiazole rings is 1. The minimum Gasteiger partial charge on any atom is -0.336 e. The molecule has 0 aliphatic rings. The molecule has 19 heavy (non-hydrogen) atoms. The second kappa shape index (κ2) is 7.57. The third-order valence-corrected chi connectivity index (χ3v) is 3.77. The predicted octanol–water partition coefficient (Wildman–Crippen LogP) is 1.58. The van der Waals surface area contributed by atoms with Gasteiger partial charge >= 0.3 is 0 Å². The molecule has 0 bridgehead atoms. The standard InChI is InChI=1S/C13H24N4OS/c1-5-6-17(8-7-16(3)4)13(18)11-9-19-12(15-11)10(2)14/h9-10H,5-8,14H2,1-4H3. The van der Waals surface area contributed by atoms with Crippen molar-refractivity contribution in [3.63, 3.8) is 0 Å². The van der Waals surface area contributed by atoms with E-state index in [2.05, 4.69) is 16.8 Å². The molecule has 5 nitrogen and oxygen atoms in total. The molecule has 6 heteroatoms. The van der Waals surface area contributed by atoms with Crippen molar-refractivity contribution in [3.05, 3.63) is 16.1 Å². The van der Waals surface area contributed by atoms with E-state index in [-0.39, 0.29) is 11.9 Å². The fraction of sp³-hybridized carbons (Fsp3) is 0.692. The first-order valence-electron chi connectivity index (χ1n) is 6.60. The molecule has 1 amide bonds. The van der Waals surface area contributed by atoms with Gasteiger partial charge in [-0.05, 0) is 27.4 Å². The van der Waals surface area contributed by atoms with E-state index in [1.54, 1.807) is 5.38 Å². The molecule has 1 aromatic heterocycles.